The molecule has 11 aromatic rings. The molecule has 0 nitrogen and oxygen atoms in total. The first-order valence-corrected chi connectivity index (χ1v) is 24.4. The monoisotopic (exact) mass is 1240 g/mol. The summed E-state index contributed by atoms with van der Waals surface area (Å²) >= 11 is 0. The first kappa shape index (κ1) is 47.9. The van der Waals surface area contributed by atoms with Crippen LogP contribution in [0.1, 0.15) is 11.1 Å². The minimum atomic E-state index is -1.14. The number of hydrogen-bond acceptors (Lipinski definition) is 0. The molecule has 11 rings (SSSR count). The fraction of sp³-hybridized carbons (Fsp3) is 0. The van der Waals surface area contributed by atoms with Crippen LogP contribution in [-0.2, 0) is 44.8 Å². The summed E-state index contributed by atoms with van der Waals surface area (Å²) in [4.78, 5) is 0. The van der Waals surface area contributed by atoms with Gasteiger partial charge in [-0.2, -0.15) is 0 Å². The summed E-state index contributed by atoms with van der Waals surface area (Å²) in [6, 6.07) is 90.5. The molecule has 0 aromatic heterocycles. The van der Waals surface area contributed by atoms with Gasteiger partial charge in [-0.1, -0.05) is 170 Å². The molecule has 0 bridgehead atoms. The van der Waals surface area contributed by atoms with E-state index in [0.717, 1.165) is 21.9 Å². The molecule has 4 heteroatoms. The van der Waals surface area contributed by atoms with E-state index in [9.17, 15) is 0 Å². The van der Waals surface area contributed by atoms with Crippen LogP contribution in [0, 0.1) is 24.7 Å². The van der Waals surface area contributed by atoms with E-state index in [1.165, 1.54) is 64.1 Å². The van der Waals surface area contributed by atoms with Crippen LogP contribution in [0.15, 0.2) is 255 Å². The second-order valence-corrected chi connectivity index (χ2v) is 20.3. The number of fused-ring (bicyclic) bond motifs is 6. The van der Waals surface area contributed by atoms with E-state index >= 15 is 0 Å². The molecule has 0 aliphatic carbocycles. The van der Waals surface area contributed by atoms with E-state index in [2.05, 4.69) is 230 Å². The molecule has 0 unspecified atom stereocenters. The Balaban J connectivity index is 0.000000160. The zero-order chi connectivity index (χ0) is 43.5. The van der Waals surface area contributed by atoms with Crippen molar-refractivity contribution in [2.45, 2.75) is 0 Å². The van der Waals surface area contributed by atoms with Crippen molar-refractivity contribution in [2.24, 2.45) is 0 Å². The van der Waals surface area contributed by atoms with Crippen LogP contribution in [0.4, 0.5) is 0 Å². The first-order valence-electron chi connectivity index (χ1n) is 21.4. The number of rotatable bonds is 6. The van der Waals surface area contributed by atoms with Gasteiger partial charge in [0.15, 0.2) is 0 Å². The van der Waals surface area contributed by atoms with Crippen molar-refractivity contribution >= 4 is 90.8 Å². The molecule has 0 heterocycles. The van der Waals surface area contributed by atoms with Gasteiger partial charge in [0.1, 0.15) is 47.7 Å². The molecule has 0 fully saturated rings. The Morgan fingerprint density at radius 1 is 0.258 bits per heavy atom. The standard InChI is InChI=1S/C30H24P2.2C16H9.2Au/c1-5-15-25(16-6-1)31(26-17-7-2-8-18-26)29-23-13-14-24-30(29)32(27-19-9-3-10-20-27)28-21-11-4-12-22-28;2*1-2-12-7-10-16-14(11-12)9-8-13-5-3-4-6-15(13)16;;/h1-24H;2*3-11H;;/q;2*-1;2*+1/p+2. The fourth-order valence-corrected chi connectivity index (χ4v) is 14.5. The molecule has 0 spiro atoms. The van der Waals surface area contributed by atoms with Crippen LogP contribution < -0.4 is 31.8 Å². The summed E-state index contributed by atoms with van der Waals surface area (Å²) in [5.41, 5.74) is 1.64. The van der Waals surface area contributed by atoms with E-state index in [0.29, 0.717) is 0 Å². The van der Waals surface area contributed by atoms with Crippen molar-refractivity contribution in [3.05, 3.63) is 279 Å². The minimum absolute atomic E-state index is 0. The minimum Gasteiger partial charge on any atom is -0.366 e. The van der Waals surface area contributed by atoms with Crippen LogP contribution in [0.2, 0.25) is 0 Å². The molecule has 0 aliphatic heterocycles. The molecule has 0 radical (unpaired) electrons. The maximum Gasteiger partial charge on any atom is 1.00 e. The van der Waals surface area contributed by atoms with Gasteiger partial charge in [0.25, 0.3) is 0 Å². The van der Waals surface area contributed by atoms with Crippen LogP contribution in [0.25, 0.3) is 43.1 Å². The van der Waals surface area contributed by atoms with E-state index in [4.69, 9.17) is 12.8 Å². The van der Waals surface area contributed by atoms with Crippen LogP contribution in [0.5, 0.6) is 0 Å². The molecule has 0 aliphatic rings. The Bertz CT molecular complexity index is 3110. The average molecular weight is 1240 g/mol. The van der Waals surface area contributed by atoms with Gasteiger partial charge in [-0.25, -0.2) is 0 Å². The summed E-state index contributed by atoms with van der Waals surface area (Å²) in [6.07, 6.45) is 14.3. The van der Waals surface area contributed by atoms with Crippen molar-refractivity contribution in [1.82, 2.24) is 0 Å². The third-order valence-electron chi connectivity index (χ3n) is 11.5. The predicted molar refractivity (Wildman–Crippen MR) is 282 cm³/mol. The Morgan fingerprint density at radius 3 is 0.864 bits per heavy atom. The predicted octanol–water partition coefficient (Wildman–Crippen LogP) is 12.5. The zero-order valence-electron chi connectivity index (χ0n) is 35.9. The Labute approximate surface area is 422 Å². The van der Waals surface area contributed by atoms with Crippen molar-refractivity contribution < 1.29 is 44.8 Å². The molecule has 0 atom stereocenters. The third kappa shape index (κ3) is 10.9. The number of hydrogen-bond donors (Lipinski definition) is 0. The van der Waals surface area contributed by atoms with Crippen molar-refractivity contribution in [3.63, 3.8) is 0 Å². The van der Waals surface area contributed by atoms with Crippen molar-refractivity contribution in [1.29, 1.82) is 0 Å². The molecular formula is C62H44Au2P2+2. The van der Waals surface area contributed by atoms with Crippen molar-refractivity contribution in [2.75, 3.05) is 0 Å². The molecular weight excluding hydrogens is 1200 g/mol. The fourth-order valence-electron chi connectivity index (χ4n) is 8.48. The second-order valence-electron chi connectivity index (χ2n) is 15.5. The summed E-state index contributed by atoms with van der Waals surface area (Å²) in [6.45, 7) is 0. The van der Waals surface area contributed by atoms with E-state index < -0.39 is 15.8 Å². The second kappa shape index (κ2) is 23.4. The Kier molecular flexibility index (Phi) is 17.0. The maximum atomic E-state index is 7.13. The third-order valence-corrected chi connectivity index (χ3v) is 17.3. The van der Waals surface area contributed by atoms with Gasteiger partial charge in [0, 0.05) is 0 Å². The van der Waals surface area contributed by atoms with E-state index in [-0.39, 0.29) is 44.8 Å². The summed E-state index contributed by atoms with van der Waals surface area (Å²) in [5.74, 6) is 4.83. The normalized spacial score (nSPS) is 10.4. The van der Waals surface area contributed by atoms with Gasteiger partial charge in [0.05, 0.1) is 0 Å². The molecule has 11 aromatic carbocycles. The molecule has 66 heavy (non-hydrogen) atoms. The Hall–Kier alpha value is -6.08. The number of benzene rings is 11. The first-order chi connectivity index (χ1) is 31.7. The SMILES string of the molecule is [Au+].[Au+].[C-]#Cc1ccc2c(ccc3ccccc32)c1.[C-]#Cc1ccc2c(ccc3ccccc32)c1.c1ccc([PH+](c2ccccc2)c2ccccc2[PH+](c2ccccc2)c2ccccc2)cc1. The van der Waals surface area contributed by atoms with Crippen LogP contribution >= 0.6 is 15.8 Å². The van der Waals surface area contributed by atoms with Crippen LogP contribution in [-0.4, -0.2) is 0 Å². The van der Waals surface area contributed by atoms with Crippen molar-refractivity contribution in [3.8, 4) is 11.8 Å². The quantitative estimate of drug-likeness (QED) is 0.0512. The van der Waals surface area contributed by atoms with E-state index in [1.807, 2.05) is 36.4 Å². The molecule has 0 saturated heterocycles. The summed E-state index contributed by atoms with van der Waals surface area (Å²) in [7, 11) is -2.28. The molecule has 0 amide bonds. The van der Waals surface area contributed by atoms with Gasteiger partial charge in [-0.05, 0) is 104 Å². The largest absolute Gasteiger partial charge is 1.00 e. The molecule has 322 valence electrons. The Morgan fingerprint density at radius 2 is 0.530 bits per heavy atom. The molecule has 0 N–H and O–H groups in total. The van der Waals surface area contributed by atoms with Crippen LogP contribution in [0.3, 0.4) is 0 Å². The topological polar surface area (TPSA) is 0 Å². The zero-order valence-corrected chi connectivity index (χ0v) is 42.2. The van der Waals surface area contributed by atoms with Gasteiger partial charge in [0.2, 0.25) is 0 Å². The van der Waals surface area contributed by atoms with Gasteiger partial charge >= 0.3 is 44.8 Å². The smallest absolute Gasteiger partial charge is 0.366 e. The van der Waals surface area contributed by atoms with Gasteiger partial charge < -0.3 is 12.8 Å². The average Bonchev–Trinajstić information content (AvgIpc) is 3.38. The summed E-state index contributed by atoms with van der Waals surface area (Å²) < 4.78 is 0. The van der Waals surface area contributed by atoms with Gasteiger partial charge in [-0.3, -0.25) is 11.8 Å². The maximum absolute atomic E-state index is 7.13. The summed E-state index contributed by atoms with van der Waals surface area (Å²) in [5, 5.41) is 18.5. The van der Waals surface area contributed by atoms with Gasteiger partial charge in [-0.15, -0.1) is 35.4 Å². The van der Waals surface area contributed by atoms with E-state index in [1.54, 1.807) is 0 Å². The molecule has 0 saturated carbocycles.